The molecule has 0 aliphatic heterocycles. The fourth-order valence-corrected chi connectivity index (χ4v) is 4.46. The van der Waals surface area contributed by atoms with Crippen LogP contribution in [0.4, 0.5) is 16.2 Å². The van der Waals surface area contributed by atoms with Gasteiger partial charge in [0.2, 0.25) is 0 Å². The first-order valence-electron chi connectivity index (χ1n) is 11.4. The van der Waals surface area contributed by atoms with Crippen molar-refractivity contribution < 1.29 is 9.53 Å². The van der Waals surface area contributed by atoms with E-state index >= 15 is 0 Å². The van der Waals surface area contributed by atoms with Gasteiger partial charge >= 0.3 is 6.03 Å². The number of benzene rings is 3. The summed E-state index contributed by atoms with van der Waals surface area (Å²) in [5, 5.41) is 11.5. The number of hydrogen-bond donors (Lipinski definition) is 2. The molecule has 2 N–H and O–H groups in total. The van der Waals surface area contributed by atoms with Crippen LogP contribution in [-0.4, -0.2) is 27.9 Å². The third-order valence-corrected chi connectivity index (χ3v) is 6.83. The zero-order chi connectivity index (χ0) is 26.6. The molecule has 0 atom stereocenters. The van der Waals surface area contributed by atoms with E-state index in [1.165, 1.54) is 0 Å². The van der Waals surface area contributed by atoms with Gasteiger partial charge in [0, 0.05) is 35.4 Å². The van der Waals surface area contributed by atoms with E-state index in [0.717, 1.165) is 28.1 Å². The molecule has 190 valence electrons. The minimum atomic E-state index is -0.445. The molecule has 5 rings (SSSR count). The molecular weight excluding hydrogens is 545 g/mol. The number of halogens is 3. The second-order valence-electron chi connectivity index (χ2n) is 8.15. The van der Waals surface area contributed by atoms with Crippen LogP contribution in [0.2, 0.25) is 15.1 Å². The minimum Gasteiger partial charge on any atom is -0.495 e. The zero-order valence-corrected chi connectivity index (χ0v) is 22.2. The van der Waals surface area contributed by atoms with Gasteiger partial charge in [-0.3, -0.25) is 4.98 Å². The van der Waals surface area contributed by atoms with Crippen molar-refractivity contribution >= 4 is 52.2 Å². The molecule has 0 aliphatic carbocycles. The molecule has 0 unspecified atom stereocenters. The summed E-state index contributed by atoms with van der Waals surface area (Å²) in [5.41, 5.74) is 5.27. The smallest absolute Gasteiger partial charge is 0.323 e. The van der Waals surface area contributed by atoms with E-state index in [1.54, 1.807) is 54.5 Å². The Hall–Kier alpha value is -4.04. The van der Waals surface area contributed by atoms with Crippen LogP contribution in [0.15, 0.2) is 91.4 Å². The number of hydrogen-bond acceptors (Lipinski definition) is 4. The number of urea groups is 1. The topological polar surface area (TPSA) is 81.1 Å². The van der Waals surface area contributed by atoms with Crippen molar-refractivity contribution in [3.8, 4) is 33.8 Å². The second-order valence-corrected chi connectivity index (χ2v) is 9.34. The van der Waals surface area contributed by atoms with Gasteiger partial charge in [0.05, 0.1) is 33.6 Å². The summed E-state index contributed by atoms with van der Waals surface area (Å²) in [6, 6.07) is 21.3. The molecule has 5 aromatic rings. The summed E-state index contributed by atoms with van der Waals surface area (Å²) in [5.74, 6) is 0.588. The minimum absolute atomic E-state index is 0.275. The van der Waals surface area contributed by atoms with Gasteiger partial charge < -0.3 is 15.4 Å². The summed E-state index contributed by atoms with van der Waals surface area (Å²) < 4.78 is 7.07. The Morgan fingerprint density at radius 1 is 0.868 bits per heavy atom. The quantitative estimate of drug-likeness (QED) is 0.218. The summed E-state index contributed by atoms with van der Waals surface area (Å²) in [4.78, 5) is 16.6. The first-order valence-corrected chi connectivity index (χ1v) is 12.5. The Balaban J connectivity index is 1.41. The second kappa shape index (κ2) is 11.1. The van der Waals surface area contributed by atoms with Crippen molar-refractivity contribution in [3.63, 3.8) is 0 Å². The van der Waals surface area contributed by atoms with E-state index in [9.17, 15) is 4.79 Å². The molecule has 0 radical (unpaired) electrons. The highest BCUT2D eigenvalue weighted by atomic mass is 35.5. The average Bonchev–Trinajstić information content (AvgIpc) is 3.38. The van der Waals surface area contributed by atoms with Crippen LogP contribution < -0.4 is 15.4 Å². The number of ether oxygens (including phenoxy) is 1. The largest absolute Gasteiger partial charge is 0.495 e. The first kappa shape index (κ1) is 25.6. The maximum Gasteiger partial charge on any atom is 0.323 e. The van der Waals surface area contributed by atoms with Gasteiger partial charge in [-0.25, -0.2) is 9.48 Å². The predicted octanol–water partition coefficient (Wildman–Crippen LogP) is 8.21. The molecule has 3 aromatic carbocycles. The maximum absolute atomic E-state index is 12.5. The summed E-state index contributed by atoms with van der Waals surface area (Å²) >= 11 is 18.6. The molecular formula is C28H20Cl3N5O2. The average molecular weight is 565 g/mol. The van der Waals surface area contributed by atoms with Crippen molar-refractivity contribution in [1.29, 1.82) is 0 Å². The number of pyridine rings is 1. The highest BCUT2D eigenvalue weighted by molar-refractivity contribution is 6.44. The Kier molecular flexibility index (Phi) is 7.51. The van der Waals surface area contributed by atoms with E-state index in [1.807, 2.05) is 48.7 Å². The van der Waals surface area contributed by atoms with Crippen LogP contribution in [-0.2, 0) is 0 Å². The molecule has 0 aliphatic rings. The van der Waals surface area contributed by atoms with Crippen molar-refractivity contribution in [1.82, 2.24) is 14.8 Å². The van der Waals surface area contributed by atoms with Crippen LogP contribution in [0.1, 0.15) is 0 Å². The third kappa shape index (κ3) is 5.45. The van der Waals surface area contributed by atoms with E-state index < -0.39 is 6.03 Å². The lowest BCUT2D eigenvalue weighted by Crippen LogP contribution is -2.19. The SMILES string of the molecule is COc1ccc(-c2nn(-c3ccc(NC(=O)Nc4cccc(Cl)c4Cl)cc3)cc2-c2ccncc2)cc1Cl. The molecule has 2 heterocycles. The van der Waals surface area contributed by atoms with Crippen molar-refractivity contribution in [3.05, 3.63) is 106 Å². The number of anilines is 2. The Morgan fingerprint density at radius 3 is 2.34 bits per heavy atom. The van der Waals surface area contributed by atoms with Crippen molar-refractivity contribution in [2.24, 2.45) is 0 Å². The monoisotopic (exact) mass is 563 g/mol. The lowest BCUT2D eigenvalue weighted by atomic mass is 10.0. The van der Waals surface area contributed by atoms with E-state index in [4.69, 9.17) is 44.6 Å². The lowest BCUT2D eigenvalue weighted by Gasteiger charge is -2.10. The number of carbonyl (C=O) groups is 1. The molecule has 0 fully saturated rings. The van der Waals surface area contributed by atoms with Crippen LogP contribution in [0.25, 0.3) is 28.1 Å². The van der Waals surface area contributed by atoms with Gasteiger partial charge in [0.25, 0.3) is 0 Å². The molecule has 7 nitrogen and oxygen atoms in total. The number of nitrogens with zero attached hydrogens (tertiary/aromatic N) is 3. The Bertz CT molecular complexity index is 1610. The fraction of sp³-hybridized carbons (Fsp3) is 0.0357. The Morgan fingerprint density at radius 2 is 1.63 bits per heavy atom. The Labute approximate surface area is 234 Å². The van der Waals surface area contributed by atoms with Gasteiger partial charge in [0.1, 0.15) is 11.4 Å². The lowest BCUT2D eigenvalue weighted by molar-refractivity contribution is 0.262. The van der Waals surface area contributed by atoms with Crippen LogP contribution in [0, 0.1) is 0 Å². The van der Waals surface area contributed by atoms with Crippen LogP contribution in [0.5, 0.6) is 5.75 Å². The van der Waals surface area contributed by atoms with E-state index in [-0.39, 0.29) is 5.02 Å². The van der Waals surface area contributed by atoms with Gasteiger partial charge in [-0.05, 0) is 72.3 Å². The number of rotatable bonds is 6. The van der Waals surface area contributed by atoms with Gasteiger partial charge in [-0.15, -0.1) is 0 Å². The summed E-state index contributed by atoms with van der Waals surface area (Å²) in [7, 11) is 1.58. The molecule has 0 saturated carbocycles. The molecule has 10 heteroatoms. The standard InChI is InChI=1S/C28H20Cl3N5O2/c1-38-25-10-5-18(15-23(25)30)27-21(17-11-13-32-14-12-17)16-36(35-27)20-8-6-19(7-9-20)33-28(37)34-24-4-2-3-22(29)26(24)31/h2-16H,1H3,(H2,33,34,37). The van der Waals surface area contributed by atoms with Gasteiger partial charge in [0.15, 0.2) is 0 Å². The maximum atomic E-state index is 12.5. The van der Waals surface area contributed by atoms with Gasteiger partial charge in [-0.2, -0.15) is 5.10 Å². The number of aromatic nitrogens is 3. The van der Waals surface area contributed by atoms with E-state index in [2.05, 4.69) is 15.6 Å². The van der Waals surface area contributed by atoms with E-state index in [0.29, 0.717) is 27.2 Å². The van der Waals surface area contributed by atoms with Crippen molar-refractivity contribution in [2.75, 3.05) is 17.7 Å². The molecule has 2 amide bonds. The highest BCUT2D eigenvalue weighted by Crippen LogP contribution is 2.36. The van der Waals surface area contributed by atoms with Crippen LogP contribution in [0.3, 0.4) is 0 Å². The molecule has 0 saturated heterocycles. The predicted molar refractivity (Wildman–Crippen MR) is 153 cm³/mol. The molecule has 0 bridgehead atoms. The normalized spacial score (nSPS) is 10.7. The summed E-state index contributed by atoms with van der Waals surface area (Å²) in [6.45, 7) is 0. The number of amides is 2. The van der Waals surface area contributed by atoms with Gasteiger partial charge in [-0.1, -0.05) is 40.9 Å². The molecule has 38 heavy (non-hydrogen) atoms. The molecule has 0 spiro atoms. The zero-order valence-electron chi connectivity index (χ0n) is 20.0. The van der Waals surface area contributed by atoms with Crippen molar-refractivity contribution in [2.45, 2.75) is 0 Å². The molecule has 2 aromatic heterocycles. The fourth-order valence-electron chi connectivity index (χ4n) is 3.86. The first-order chi connectivity index (χ1) is 18.4. The van der Waals surface area contributed by atoms with Crippen LogP contribution >= 0.6 is 34.8 Å². The number of methoxy groups -OCH3 is 1. The number of carbonyl (C=O) groups excluding carboxylic acids is 1. The highest BCUT2D eigenvalue weighted by Gasteiger charge is 2.16. The number of nitrogens with one attached hydrogen (secondary N) is 2. The third-order valence-electron chi connectivity index (χ3n) is 5.72. The summed E-state index contributed by atoms with van der Waals surface area (Å²) in [6.07, 6.45) is 5.41.